The molecule has 0 bridgehead atoms. The summed E-state index contributed by atoms with van der Waals surface area (Å²) in [5.41, 5.74) is 0. The summed E-state index contributed by atoms with van der Waals surface area (Å²) < 4.78 is 232. The Labute approximate surface area is 181 Å². The number of rotatable bonds is 12. The second kappa shape index (κ2) is 9.32. The van der Waals surface area contributed by atoms with Crippen molar-refractivity contribution < 1.29 is 89.0 Å². The fourth-order valence-electron chi connectivity index (χ4n) is 1.84. The van der Waals surface area contributed by atoms with Gasteiger partial charge in [-0.05, 0) is 5.75 Å². The van der Waals surface area contributed by atoms with Crippen LogP contribution in [-0.4, -0.2) is 75.1 Å². The fourth-order valence-corrected chi connectivity index (χ4v) is 3.91. The second-order valence-electron chi connectivity index (χ2n) is 6.40. The smallest absolute Gasteiger partial charge is 0.324 e. The minimum Gasteiger partial charge on any atom is -0.324 e. The van der Waals surface area contributed by atoms with E-state index >= 15 is 0 Å². The van der Waals surface area contributed by atoms with E-state index in [1.165, 1.54) is 0 Å². The van der Waals surface area contributed by atoms with Crippen molar-refractivity contribution in [1.29, 1.82) is 0 Å². The summed E-state index contributed by atoms with van der Waals surface area (Å²) in [7, 11) is -4.76. The molecule has 0 atom stereocenters. The number of hydrogen-bond donors (Lipinski definition) is 2. The third-order valence-electron chi connectivity index (χ3n) is 3.87. The standard InChI is InChI=1S/C12H10F17O3PS/c13-5(14,1-3-34-4-2-33(30,31)32)6(15,16)7(17,18)8(19,20)9(21,22)10(23,24)11(25,26)12(27,28)29/h1-4H2,(H2,30,31,32). The summed E-state index contributed by atoms with van der Waals surface area (Å²) in [6, 6.07) is 0. The van der Waals surface area contributed by atoms with Crippen LogP contribution in [0, 0.1) is 0 Å². The highest BCUT2D eigenvalue weighted by atomic mass is 32.2. The van der Waals surface area contributed by atoms with E-state index in [0.717, 1.165) is 0 Å². The van der Waals surface area contributed by atoms with E-state index in [0.29, 0.717) is 0 Å². The third kappa shape index (κ3) is 5.50. The first-order valence-corrected chi connectivity index (χ1v) is 10.7. The van der Waals surface area contributed by atoms with Crippen molar-refractivity contribution in [1.82, 2.24) is 0 Å². The molecule has 34 heavy (non-hydrogen) atoms. The Morgan fingerprint density at radius 1 is 0.529 bits per heavy atom. The van der Waals surface area contributed by atoms with Gasteiger partial charge in [-0.3, -0.25) is 4.57 Å². The summed E-state index contributed by atoms with van der Waals surface area (Å²) in [5.74, 6) is -58.9. The van der Waals surface area contributed by atoms with Gasteiger partial charge in [0.05, 0.1) is 6.16 Å². The van der Waals surface area contributed by atoms with Crippen molar-refractivity contribution in [3.63, 3.8) is 0 Å². The van der Waals surface area contributed by atoms with E-state index in [1.54, 1.807) is 0 Å². The van der Waals surface area contributed by atoms with E-state index in [2.05, 4.69) is 0 Å². The third-order valence-corrected chi connectivity index (χ3v) is 5.97. The van der Waals surface area contributed by atoms with E-state index in [1.807, 2.05) is 0 Å². The molecule has 22 heteroatoms. The summed E-state index contributed by atoms with van der Waals surface area (Å²) in [6.45, 7) is 0. The first-order valence-electron chi connectivity index (χ1n) is 7.79. The molecule has 0 spiro atoms. The minimum absolute atomic E-state index is 0.0732. The highest BCUT2D eigenvalue weighted by Gasteiger charge is 2.95. The van der Waals surface area contributed by atoms with Crippen molar-refractivity contribution in [2.45, 2.75) is 54.1 Å². The van der Waals surface area contributed by atoms with Crippen LogP contribution in [0.4, 0.5) is 74.6 Å². The topological polar surface area (TPSA) is 57.5 Å². The molecule has 0 saturated heterocycles. The van der Waals surface area contributed by atoms with E-state index in [4.69, 9.17) is 9.79 Å². The average molecular weight is 588 g/mol. The van der Waals surface area contributed by atoms with Crippen molar-refractivity contribution in [3.05, 3.63) is 0 Å². The lowest BCUT2D eigenvalue weighted by Crippen LogP contribution is -2.74. The zero-order valence-electron chi connectivity index (χ0n) is 15.4. The SMILES string of the molecule is O=P(O)(O)CCSCCC(F)(F)C(F)(F)C(F)(F)C(F)(F)C(F)(F)C(F)(F)C(F)(F)C(F)(F)F. The number of halogens is 17. The highest BCUT2D eigenvalue weighted by Crippen LogP contribution is 2.64. The summed E-state index contributed by atoms with van der Waals surface area (Å²) in [5, 5.41) is 0. The van der Waals surface area contributed by atoms with Gasteiger partial charge in [0.15, 0.2) is 0 Å². The van der Waals surface area contributed by atoms with Crippen molar-refractivity contribution >= 4 is 19.4 Å². The van der Waals surface area contributed by atoms with Crippen LogP contribution in [0.5, 0.6) is 0 Å². The van der Waals surface area contributed by atoms with Crippen molar-refractivity contribution in [3.8, 4) is 0 Å². The van der Waals surface area contributed by atoms with Gasteiger partial charge < -0.3 is 9.79 Å². The van der Waals surface area contributed by atoms with Crippen molar-refractivity contribution in [2.24, 2.45) is 0 Å². The summed E-state index contributed by atoms with van der Waals surface area (Å²) in [4.78, 5) is 16.9. The van der Waals surface area contributed by atoms with Crippen LogP contribution in [0.2, 0.25) is 0 Å². The zero-order valence-corrected chi connectivity index (χ0v) is 17.1. The molecule has 0 rings (SSSR count). The Bertz CT molecular complexity index is 759. The molecule has 0 fully saturated rings. The number of alkyl halides is 17. The lowest BCUT2D eigenvalue weighted by Gasteiger charge is -2.42. The lowest BCUT2D eigenvalue weighted by molar-refractivity contribution is -0.461. The van der Waals surface area contributed by atoms with Gasteiger partial charge in [0.1, 0.15) is 0 Å². The normalized spacial score (nSPS) is 16.2. The summed E-state index contributed by atoms with van der Waals surface area (Å²) >= 11 is -0.0732. The van der Waals surface area contributed by atoms with E-state index in [9.17, 15) is 79.2 Å². The molecular formula is C12H10F17O3PS. The Balaban J connectivity index is 6.13. The maximum atomic E-state index is 13.5. The fraction of sp³-hybridized carbons (Fsp3) is 1.00. The molecular weight excluding hydrogens is 578 g/mol. The minimum atomic E-state index is -8.67. The van der Waals surface area contributed by atoms with Gasteiger partial charge in [-0.25, -0.2) is 0 Å². The van der Waals surface area contributed by atoms with E-state index in [-0.39, 0.29) is 11.8 Å². The maximum absolute atomic E-state index is 13.5. The zero-order chi connectivity index (χ0) is 28.0. The van der Waals surface area contributed by atoms with E-state index < -0.39 is 79.3 Å². The highest BCUT2D eigenvalue weighted by molar-refractivity contribution is 7.99. The predicted molar refractivity (Wildman–Crippen MR) is 79.5 cm³/mol. The molecule has 3 nitrogen and oxygen atoms in total. The Hall–Kier alpha value is -0.690. The maximum Gasteiger partial charge on any atom is 0.460 e. The van der Waals surface area contributed by atoms with Crippen molar-refractivity contribution in [2.75, 3.05) is 17.7 Å². The lowest BCUT2D eigenvalue weighted by atomic mass is 9.88. The Morgan fingerprint density at radius 2 is 0.853 bits per heavy atom. The van der Waals surface area contributed by atoms with Crippen LogP contribution in [0.3, 0.4) is 0 Å². The summed E-state index contributed by atoms with van der Waals surface area (Å²) in [6.07, 6.45) is -11.5. The molecule has 0 aliphatic heterocycles. The molecule has 0 aliphatic rings. The number of hydrogen-bond acceptors (Lipinski definition) is 2. The predicted octanol–water partition coefficient (Wildman–Crippen LogP) is 6.30. The van der Waals surface area contributed by atoms with Gasteiger partial charge in [0.2, 0.25) is 0 Å². The monoisotopic (exact) mass is 588 g/mol. The molecule has 2 N–H and O–H groups in total. The Morgan fingerprint density at radius 3 is 1.18 bits per heavy atom. The molecule has 206 valence electrons. The van der Waals surface area contributed by atoms with Gasteiger partial charge >= 0.3 is 55.2 Å². The molecule has 0 amide bonds. The van der Waals surface area contributed by atoms with Gasteiger partial charge in [0.25, 0.3) is 0 Å². The van der Waals surface area contributed by atoms with Crippen LogP contribution in [0.25, 0.3) is 0 Å². The van der Waals surface area contributed by atoms with Crippen LogP contribution < -0.4 is 0 Å². The molecule has 0 saturated carbocycles. The van der Waals surface area contributed by atoms with Gasteiger partial charge in [0, 0.05) is 12.2 Å². The molecule has 0 aromatic rings. The Kier molecular flexibility index (Phi) is 9.13. The van der Waals surface area contributed by atoms with Gasteiger partial charge in [-0.15, -0.1) is 0 Å². The second-order valence-corrected chi connectivity index (χ2v) is 9.40. The largest absolute Gasteiger partial charge is 0.460 e. The molecule has 0 aromatic heterocycles. The first kappa shape index (κ1) is 33.3. The molecule has 0 unspecified atom stereocenters. The van der Waals surface area contributed by atoms with Crippen LogP contribution in [0.1, 0.15) is 6.42 Å². The van der Waals surface area contributed by atoms with Crippen LogP contribution >= 0.6 is 19.4 Å². The average Bonchev–Trinajstić information content (AvgIpc) is 2.58. The van der Waals surface area contributed by atoms with Gasteiger partial charge in [-0.1, -0.05) is 0 Å². The first-order chi connectivity index (χ1) is 14.5. The van der Waals surface area contributed by atoms with Gasteiger partial charge in [-0.2, -0.15) is 86.4 Å². The molecule has 0 heterocycles. The molecule has 0 aromatic carbocycles. The quantitative estimate of drug-likeness (QED) is 0.160. The molecule has 0 radical (unpaired) electrons. The molecule has 0 aliphatic carbocycles. The van der Waals surface area contributed by atoms with Crippen LogP contribution in [-0.2, 0) is 4.57 Å². The number of thioether (sulfide) groups is 1. The van der Waals surface area contributed by atoms with Crippen LogP contribution in [0.15, 0.2) is 0 Å².